The highest BCUT2D eigenvalue weighted by Gasteiger charge is 2.14. The zero-order chi connectivity index (χ0) is 20.4. The molecule has 3 heterocycles. The molecule has 0 fully saturated rings. The Morgan fingerprint density at radius 2 is 2.14 bits per heavy atom. The molecule has 0 atom stereocenters. The molecule has 1 amide bonds. The van der Waals surface area contributed by atoms with E-state index in [-0.39, 0.29) is 35.7 Å². The summed E-state index contributed by atoms with van der Waals surface area (Å²) in [6, 6.07) is 0. The molecule has 4 N–H and O–H groups in total. The first-order valence-corrected chi connectivity index (χ1v) is 9.22. The number of rotatable bonds is 5. The van der Waals surface area contributed by atoms with Crippen LogP contribution >= 0.6 is 11.3 Å². The number of hydrogen-bond acceptors (Lipinski definition) is 8. The van der Waals surface area contributed by atoms with Crippen LogP contribution in [-0.4, -0.2) is 37.3 Å². The van der Waals surface area contributed by atoms with Crippen molar-refractivity contribution in [1.29, 1.82) is 0 Å². The quantitative estimate of drug-likeness (QED) is 0.374. The Labute approximate surface area is 163 Å². The normalized spacial score (nSPS) is 11.4. The Hall–Kier alpha value is -3.11. The summed E-state index contributed by atoms with van der Waals surface area (Å²) in [6.45, 7) is 5.06. The van der Waals surface area contributed by atoms with Crippen LogP contribution in [0.3, 0.4) is 0 Å². The number of nitrogens with one attached hydrogen (secondary N) is 2. The first-order chi connectivity index (χ1) is 13.3. The SMILES string of the molecule is Cc1ncc(CO)c(/C=N/NC(=O)Cc2nc3sc(C)c(C)c3c(=O)[nH]2)c1O. The van der Waals surface area contributed by atoms with E-state index in [4.69, 9.17) is 0 Å². The Balaban J connectivity index is 1.75. The number of H-pyrrole nitrogens is 1. The van der Waals surface area contributed by atoms with Gasteiger partial charge in [-0.15, -0.1) is 11.3 Å². The van der Waals surface area contributed by atoms with E-state index in [1.165, 1.54) is 23.7 Å². The summed E-state index contributed by atoms with van der Waals surface area (Å²) in [6.07, 6.45) is 2.50. The maximum atomic E-state index is 12.2. The van der Waals surface area contributed by atoms with Crippen molar-refractivity contribution in [2.45, 2.75) is 33.8 Å². The predicted molar refractivity (Wildman–Crippen MR) is 106 cm³/mol. The van der Waals surface area contributed by atoms with Gasteiger partial charge in [0.15, 0.2) is 0 Å². The Bertz CT molecular complexity index is 1150. The number of hydrazone groups is 1. The molecule has 0 bridgehead atoms. The van der Waals surface area contributed by atoms with Crippen LogP contribution in [0.5, 0.6) is 5.75 Å². The number of fused-ring (bicyclic) bond motifs is 1. The van der Waals surface area contributed by atoms with Crippen molar-refractivity contribution in [3.8, 4) is 5.75 Å². The third-order valence-electron chi connectivity index (χ3n) is 4.33. The molecule has 9 nitrogen and oxygen atoms in total. The van der Waals surface area contributed by atoms with E-state index in [2.05, 4.69) is 25.5 Å². The topological polar surface area (TPSA) is 141 Å². The van der Waals surface area contributed by atoms with E-state index in [9.17, 15) is 19.8 Å². The van der Waals surface area contributed by atoms with E-state index >= 15 is 0 Å². The van der Waals surface area contributed by atoms with Crippen molar-refractivity contribution in [2.24, 2.45) is 5.10 Å². The summed E-state index contributed by atoms with van der Waals surface area (Å²) in [4.78, 5) is 36.9. The number of thiophene rings is 1. The molecule has 0 aromatic carbocycles. The monoisotopic (exact) mass is 401 g/mol. The van der Waals surface area contributed by atoms with Crippen LogP contribution in [0, 0.1) is 20.8 Å². The van der Waals surface area contributed by atoms with E-state index < -0.39 is 5.91 Å². The molecular weight excluding hydrogens is 382 g/mol. The second kappa shape index (κ2) is 7.87. The average Bonchev–Trinajstić information content (AvgIpc) is 2.93. The molecule has 0 aliphatic rings. The van der Waals surface area contributed by atoms with Gasteiger partial charge in [0, 0.05) is 22.2 Å². The predicted octanol–water partition coefficient (Wildman–Crippen LogP) is 1.20. The van der Waals surface area contributed by atoms with Crippen LogP contribution < -0.4 is 11.0 Å². The van der Waals surface area contributed by atoms with Crippen LogP contribution in [0.15, 0.2) is 16.1 Å². The van der Waals surface area contributed by atoms with Gasteiger partial charge in [-0.05, 0) is 26.3 Å². The number of nitrogens with zero attached hydrogens (tertiary/aromatic N) is 3. The zero-order valence-electron chi connectivity index (χ0n) is 15.5. The third-order valence-corrected chi connectivity index (χ3v) is 5.43. The first kappa shape index (κ1) is 19.6. The van der Waals surface area contributed by atoms with Gasteiger partial charge < -0.3 is 15.2 Å². The van der Waals surface area contributed by atoms with Gasteiger partial charge in [0.05, 0.1) is 30.3 Å². The number of carbonyl (C=O) groups is 1. The summed E-state index contributed by atoms with van der Waals surface area (Å²) in [7, 11) is 0. The molecule has 3 aromatic rings. The van der Waals surface area contributed by atoms with Gasteiger partial charge >= 0.3 is 0 Å². The molecule has 0 saturated carbocycles. The lowest BCUT2D eigenvalue weighted by Gasteiger charge is -2.07. The van der Waals surface area contributed by atoms with E-state index in [1.54, 1.807) is 6.92 Å². The van der Waals surface area contributed by atoms with Crippen molar-refractivity contribution in [3.05, 3.63) is 49.6 Å². The number of aliphatic hydroxyl groups excluding tert-OH is 1. The van der Waals surface area contributed by atoms with Gasteiger partial charge in [-0.2, -0.15) is 5.10 Å². The van der Waals surface area contributed by atoms with E-state index in [0.717, 1.165) is 10.4 Å². The lowest BCUT2D eigenvalue weighted by Crippen LogP contribution is -2.23. The van der Waals surface area contributed by atoms with Crippen molar-refractivity contribution in [1.82, 2.24) is 20.4 Å². The summed E-state index contributed by atoms with van der Waals surface area (Å²) < 4.78 is 0. The van der Waals surface area contributed by atoms with Gasteiger partial charge in [0.1, 0.15) is 16.4 Å². The number of aryl methyl sites for hydroxylation is 3. The molecule has 0 unspecified atom stereocenters. The van der Waals surface area contributed by atoms with Gasteiger partial charge in [-0.1, -0.05) is 0 Å². The number of aromatic amines is 1. The smallest absolute Gasteiger partial charge is 0.259 e. The Morgan fingerprint density at radius 3 is 2.86 bits per heavy atom. The Kier molecular flexibility index (Phi) is 5.52. The fourth-order valence-corrected chi connectivity index (χ4v) is 3.71. The highest BCUT2D eigenvalue weighted by molar-refractivity contribution is 7.18. The van der Waals surface area contributed by atoms with Crippen molar-refractivity contribution >= 4 is 33.7 Å². The highest BCUT2D eigenvalue weighted by Crippen LogP contribution is 2.25. The molecule has 3 rings (SSSR count). The second-order valence-electron chi connectivity index (χ2n) is 6.24. The van der Waals surface area contributed by atoms with Gasteiger partial charge in [-0.3, -0.25) is 14.6 Å². The number of aliphatic hydroxyl groups is 1. The largest absolute Gasteiger partial charge is 0.505 e. The lowest BCUT2D eigenvalue weighted by atomic mass is 10.1. The van der Waals surface area contributed by atoms with Crippen LogP contribution in [0.4, 0.5) is 0 Å². The molecule has 0 saturated heterocycles. The lowest BCUT2D eigenvalue weighted by molar-refractivity contribution is -0.120. The molecule has 0 spiro atoms. The third kappa shape index (κ3) is 3.78. The minimum Gasteiger partial charge on any atom is -0.505 e. The molecule has 0 aliphatic heterocycles. The van der Waals surface area contributed by atoms with E-state index in [0.29, 0.717) is 21.5 Å². The van der Waals surface area contributed by atoms with E-state index in [1.807, 2.05) is 13.8 Å². The van der Waals surface area contributed by atoms with Gasteiger partial charge in [-0.25, -0.2) is 10.4 Å². The second-order valence-corrected chi connectivity index (χ2v) is 7.44. The number of carbonyl (C=O) groups excluding carboxylic acids is 1. The fraction of sp³-hybridized carbons (Fsp3) is 0.278. The highest BCUT2D eigenvalue weighted by atomic mass is 32.1. The molecule has 10 heteroatoms. The molecule has 3 aromatic heterocycles. The van der Waals surface area contributed by atoms with Crippen LogP contribution in [-0.2, 0) is 17.8 Å². The van der Waals surface area contributed by atoms with Crippen molar-refractivity contribution in [2.75, 3.05) is 0 Å². The fourth-order valence-electron chi connectivity index (χ4n) is 2.67. The molecule has 0 radical (unpaired) electrons. The molecule has 0 aliphatic carbocycles. The standard InChI is InChI=1S/C18H19N5O4S/c1-8-10(3)28-18-15(8)17(27)21-13(22-18)4-14(25)23-20-6-12-11(7-24)5-19-9(2)16(12)26/h5-6,24,26H,4,7H2,1-3H3,(H,23,25)(H,21,22,27)/b20-6+. The molecule has 146 valence electrons. The maximum Gasteiger partial charge on any atom is 0.259 e. The van der Waals surface area contributed by atoms with Crippen LogP contribution in [0.2, 0.25) is 0 Å². The zero-order valence-corrected chi connectivity index (χ0v) is 16.3. The summed E-state index contributed by atoms with van der Waals surface area (Å²) in [5.41, 5.74) is 3.96. The average molecular weight is 401 g/mol. The van der Waals surface area contributed by atoms with Gasteiger partial charge in [0.2, 0.25) is 5.91 Å². The molecule has 28 heavy (non-hydrogen) atoms. The number of aromatic hydroxyl groups is 1. The number of aromatic nitrogens is 3. The summed E-state index contributed by atoms with van der Waals surface area (Å²) in [5.74, 6) is -0.367. The Morgan fingerprint density at radius 1 is 1.39 bits per heavy atom. The number of pyridine rings is 1. The first-order valence-electron chi connectivity index (χ1n) is 8.41. The van der Waals surface area contributed by atoms with Crippen molar-refractivity contribution in [3.63, 3.8) is 0 Å². The minimum absolute atomic E-state index is 0.121. The van der Waals surface area contributed by atoms with Crippen LogP contribution in [0.1, 0.15) is 33.1 Å². The number of hydrogen-bond donors (Lipinski definition) is 4. The number of amides is 1. The maximum absolute atomic E-state index is 12.2. The minimum atomic E-state index is -0.487. The summed E-state index contributed by atoms with van der Waals surface area (Å²) in [5, 5.41) is 23.7. The van der Waals surface area contributed by atoms with Gasteiger partial charge in [0.25, 0.3) is 5.56 Å². The van der Waals surface area contributed by atoms with Crippen LogP contribution in [0.25, 0.3) is 10.2 Å². The summed E-state index contributed by atoms with van der Waals surface area (Å²) >= 11 is 1.41. The van der Waals surface area contributed by atoms with Crippen molar-refractivity contribution < 1.29 is 15.0 Å². The molecular formula is C18H19N5O4S.